The van der Waals surface area contributed by atoms with Crippen molar-refractivity contribution in [1.82, 2.24) is 0 Å². The third-order valence-electron chi connectivity index (χ3n) is 2.81. The summed E-state index contributed by atoms with van der Waals surface area (Å²) in [5.74, 6) is 0. The molecular formula is C12H12N2. The van der Waals surface area contributed by atoms with Gasteiger partial charge in [0.25, 0.3) is 0 Å². The Hall–Kier alpha value is -1.70. The summed E-state index contributed by atoms with van der Waals surface area (Å²) in [5.41, 5.74) is 2.56. The molecule has 2 aromatic rings. The molecule has 1 N–H and O–H groups in total. The Balaban J connectivity index is 2.38. The van der Waals surface area contributed by atoms with E-state index in [0.29, 0.717) is 0 Å². The first kappa shape index (κ1) is 7.68. The van der Waals surface area contributed by atoms with Crippen LogP contribution in [0.3, 0.4) is 0 Å². The molecule has 0 unspecified atom stereocenters. The lowest BCUT2D eigenvalue weighted by Crippen LogP contribution is -2.15. The van der Waals surface area contributed by atoms with Crippen molar-refractivity contribution in [2.45, 2.75) is 0 Å². The summed E-state index contributed by atoms with van der Waals surface area (Å²) in [5, 5.41) is 6.03. The van der Waals surface area contributed by atoms with Gasteiger partial charge in [-0.05, 0) is 11.5 Å². The molecule has 0 saturated heterocycles. The molecule has 1 aliphatic rings. The Morgan fingerprint density at radius 2 is 2.00 bits per heavy atom. The average Bonchev–Trinajstić information content (AvgIpc) is 2.61. The van der Waals surface area contributed by atoms with Gasteiger partial charge in [0.2, 0.25) is 0 Å². The van der Waals surface area contributed by atoms with Crippen LogP contribution in [0.4, 0.5) is 11.4 Å². The Labute approximate surface area is 83.1 Å². The summed E-state index contributed by atoms with van der Waals surface area (Å²) in [6.07, 6.45) is 0. The summed E-state index contributed by atoms with van der Waals surface area (Å²) in [6, 6.07) is 12.8. The Morgan fingerprint density at radius 1 is 1.14 bits per heavy atom. The van der Waals surface area contributed by atoms with E-state index in [-0.39, 0.29) is 0 Å². The number of rotatable bonds is 0. The number of nitrogens with one attached hydrogen (secondary N) is 1. The molecule has 2 heteroatoms. The molecule has 14 heavy (non-hydrogen) atoms. The first-order valence-electron chi connectivity index (χ1n) is 4.83. The molecule has 70 valence electrons. The van der Waals surface area contributed by atoms with Crippen LogP contribution in [0.1, 0.15) is 0 Å². The highest BCUT2D eigenvalue weighted by Gasteiger charge is 2.16. The molecule has 0 amide bonds. The highest BCUT2D eigenvalue weighted by atomic mass is 15.3. The van der Waals surface area contributed by atoms with E-state index >= 15 is 0 Å². The maximum atomic E-state index is 3.42. The van der Waals surface area contributed by atoms with Crippen LogP contribution in [0.15, 0.2) is 36.4 Å². The summed E-state index contributed by atoms with van der Waals surface area (Å²) < 4.78 is 0. The van der Waals surface area contributed by atoms with Gasteiger partial charge in [0, 0.05) is 12.4 Å². The number of benzene rings is 2. The van der Waals surface area contributed by atoms with Crippen LogP contribution >= 0.6 is 0 Å². The van der Waals surface area contributed by atoms with Crippen molar-refractivity contribution in [2.24, 2.45) is 0 Å². The minimum absolute atomic E-state index is 0.906. The second-order valence-corrected chi connectivity index (χ2v) is 3.71. The molecule has 0 aliphatic carbocycles. The number of anilines is 2. The predicted octanol–water partition coefficient (Wildman–Crippen LogP) is 2.66. The first-order valence-corrected chi connectivity index (χ1v) is 4.83. The monoisotopic (exact) mass is 184 g/mol. The first-order chi connectivity index (χ1) is 6.86. The third kappa shape index (κ3) is 0.909. The van der Waals surface area contributed by atoms with Crippen molar-refractivity contribution in [3.8, 4) is 0 Å². The molecule has 2 aromatic carbocycles. The fourth-order valence-electron chi connectivity index (χ4n) is 2.05. The summed E-state index contributed by atoms with van der Waals surface area (Å²) in [7, 11) is 2.10. The van der Waals surface area contributed by atoms with E-state index in [2.05, 4.69) is 53.7 Å². The zero-order valence-electron chi connectivity index (χ0n) is 8.12. The lowest BCUT2D eigenvalue weighted by molar-refractivity contribution is 1.03. The zero-order valence-corrected chi connectivity index (χ0v) is 8.12. The van der Waals surface area contributed by atoms with Gasteiger partial charge in [0.1, 0.15) is 0 Å². The predicted molar refractivity (Wildman–Crippen MR) is 60.8 cm³/mol. The maximum Gasteiger partial charge on any atom is 0.0874 e. The van der Waals surface area contributed by atoms with E-state index in [4.69, 9.17) is 0 Å². The summed E-state index contributed by atoms with van der Waals surface area (Å²) in [4.78, 5) is 2.22. The van der Waals surface area contributed by atoms with Gasteiger partial charge >= 0.3 is 0 Å². The molecule has 3 rings (SSSR count). The van der Waals surface area contributed by atoms with Gasteiger partial charge < -0.3 is 10.2 Å². The molecule has 0 atom stereocenters. The van der Waals surface area contributed by atoms with Crippen LogP contribution in [0, 0.1) is 0 Å². The fourth-order valence-corrected chi connectivity index (χ4v) is 2.05. The molecule has 0 radical (unpaired) electrons. The summed E-state index contributed by atoms with van der Waals surface area (Å²) >= 11 is 0. The minimum Gasteiger partial charge on any atom is -0.366 e. The van der Waals surface area contributed by atoms with Gasteiger partial charge in [-0.25, -0.2) is 0 Å². The van der Waals surface area contributed by atoms with Crippen molar-refractivity contribution in [1.29, 1.82) is 0 Å². The van der Waals surface area contributed by atoms with E-state index < -0.39 is 0 Å². The zero-order chi connectivity index (χ0) is 9.54. The Bertz CT molecular complexity index is 491. The van der Waals surface area contributed by atoms with Crippen LogP contribution in [0.2, 0.25) is 0 Å². The lowest BCUT2D eigenvalue weighted by Gasteiger charge is -2.09. The molecule has 0 aromatic heterocycles. The topological polar surface area (TPSA) is 15.3 Å². The SMILES string of the molecule is CN1CNc2c1ccc1ccccc21. The normalized spacial score (nSPS) is 14.2. The van der Waals surface area contributed by atoms with Crippen LogP contribution < -0.4 is 10.2 Å². The fraction of sp³-hybridized carbons (Fsp3) is 0.167. The third-order valence-corrected chi connectivity index (χ3v) is 2.81. The van der Waals surface area contributed by atoms with E-state index in [9.17, 15) is 0 Å². The van der Waals surface area contributed by atoms with Crippen LogP contribution in [-0.4, -0.2) is 13.7 Å². The average molecular weight is 184 g/mol. The molecule has 0 spiro atoms. The number of nitrogens with zero attached hydrogens (tertiary/aromatic N) is 1. The number of hydrogen-bond acceptors (Lipinski definition) is 2. The standard InChI is InChI=1S/C12H12N2/c1-14-8-13-12-10-5-3-2-4-9(10)6-7-11(12)14/h2-7,13H,8H2,1H3. The molecule has 0 saturated carbocycles. The smallest absolute Gasteiger partial charge is 0.0874 e. The van der Waals surface area contributed by atoms with Crippen LogP contribution in [-0.2, 0) is 0 Å². The largest absolute Gasteiger partial charge is 0.366 e. The van der Waals surface area contributed by atoms with Crippen molar-refractivity contribution >= 4 is 22.1 Å². The summed E-state index contributed by atoms with van der Waals surface area (Å²) in [6.45, 7) is 0.906. The van der Waals surface area contributed by atoms with Crippen molar-refractivity contribution in [3.63, 3.8) is 0 Å². The quantitative estimate of drug-likeness (QED) is 0.677. The van der Waals surface area contributed by atoms with Crippen molar-refractivity contribution in [2.75, 3.05) is 23.9 Å². The van der Waals surface area contributed by atoms with E-state index in [0.717, 1.165) is 6.67 Å². The molecule has 0 bridgehead atoms. The Morgan fingerprint density at radius 3 is 2.93 bits per heavy atom. The molecule has 1 aliphatic heterocycles. The minimum atomic E-state index is 0.906. The maximum absolute atomic E-state index is 3.42. The Kier molecular flexibility index (Phi) is 1.45. The number of fused-ring (bicyclic) bond motifs is 3. The van der Waals surface area contributed by atoms with Gasteiger partial charge in [-0.1, -0.05) is 30.3 Å². The second kappa shape index (κ2) is 2.64. The van der Waals surface area contributed by atoms with Crippen LogP contribution in [0.5, 0.6) is 0 Å². The molecular weight excluding hydrogens is 172 g/mol. The molecule has 1 heterocycles. The van der Waals surface area contributed by atoms with Gasteiger partial charge in [-0.3, -0.25) is 0 Å². The van der Waals surface area contributed by atoms with Crippen LogP contribution in [0.25, 0.3) is 10.8 Å². The van der Waals surface area contributed by atoms with E-state index in [1.54, 1.807) is 0 Å². The highest BCUT2D eigenvalue weighted by Crippen LogP contribution is 2.36. The second-order valence-electron chi connectivity index (χ2n) is 3.71. The van der Waals surface area contributed by atoms with Crippen molar-refractivity contribution < 1.29 is 0 Å². The molecule has 2 nitrogen and oxygen atoms in total. The molecule has 0 fully saturated rings. The van der Waals surface area contributed by atoms with Gasteiger partial charge in [0.15, 0.2) is 0 Å². The van der Waals surface area contributed by atoms with E-state index in [1.165, 1.54) is 22.1 Å². The van der Waals surface area contributed by atoms with Gasteiger partial charge in [-0.2, -0.15) is 0 Å². The van der Waals surface area contributed by atoms with E-state index in [1.807, 2.05) is 0 Å². The lowest BCUT2D eigenvalue weighted by atomic mass is 10.1. The number of hydrogen-bond donors (Lipinski definition) is 1. The van der Waals surface area contributed by atoms with Gasteiger partial charge in [-0.15, -0.1) is 0 Å². The highest BCUT2D eigenvalue weighted by molar-refractivity contribution is 6.01. The van der Waals surface area contributed by atoms with Crippen molar-refractivity contribution in [3.05, 3.63) is 36.4 Å². The van der Waals surface area contributed by atoms with Gasteiger partial charge in [0.05, 0.1) is 18.0 Å².